The predicted octanol–water partition coefficient (Wildman–Crippen LogP) is 2.99. The second kappa shape index (κ2) is 14.4. The first-order chi connectivity index (χ1) is 23.2. The number of aliphatic hydroxyl groups is 3. The van der Waals surface area contributed by atoms with Crippen molar-refractivity contribution in [3.8, 4) is 0 Å². The van der Waals surface area contributed by atoms with Gasteiger partial charge in [0.25, 0.3) is 0 Å². The Morgan fingerprint density at radius 1 is 0.920 bits per heavy atom. The van der Waals surface area contributed by atoms with Gasteiger partial charge in [0.05, 0.1) is 47.6 Å². The first-order valence-electron chi connectivity index (χ1n) is 18.7. The normalized spacial score (nSPS) is 54.7. The molecule has 290 valence electrons. The van der Waals surface area contributed by atoms with Crippen LogP contribution in [0.15, 0.2) is 0 Å². The number of ether oxygens (including phenoxy) is 8. The molecule has 3 bridgehead atoms. The lowest BCUT2D eigenvalue weighted by Gasteiger charge is -2.49. The summed E-state index contributed by atoms with van der Waals surface area (Å²) in [4.78, 5) is 16.2. The molecule has 5 aliphatic heterocycles. The first kappa shape index (κ1) is 40.2. The van der Waals surface area contributed by atoms with Crippen molar-refractivity contribution >= 4 is 5.97 Å². The van der Waals surface area contributed by atoms with Crippen LogP contribution in [0.3, 0.4) is 0 Å². The van der Waals surface area contributed by atoms with Crippen LogP contribution in [0.4, 0.5) is 0 Å². The topological polar surface area (TPSA) is 155 Å². The van der Waals surface area contributed by atoms with Crippen molar-refractivity contribution in [1.82, 2.24) is 4.90 Å². The Morgan fingerprint density at radius 3 is 2.18 bits per heavy atom. The van der Waals surface area contributed by atoms with Crippen LogP contribution in [0.25, 0.3) is 0 Å². The van der Waals surface area contributed by atoms with Gasteiger partial charge in [-0.1, -0.05) is 27.7 Å². The molecule has 5 saturated heterocycles. The fourth-order valence-electron chi connectivity index (χ4n) is 9.81. The summed E-state index contributed by atoms with van der Waals surface area (Å²) in [6, 6.07) is -0.218. The number of cyclic esters (lactones) is 1. The summed E-state index contributed by atoms with van der Waals surface area (Å²) in [7, 11) is 5.39. The third-order valence-electron chi connectivity index (χ3n) is 12.9. The quantitative estimate of drug-likeness (QED) is 0.331. The van der Waals surface area contributed by atoms with Crippen LogP contribution < -0.4 is 0 Å². The lowest BCUT2D eigenvalue weighted by Crippen LogP contribution is -2.61. The largest absolute Gasteiger partial charge is 0.459 e. The lowest BCUT2D eigenvalue weighted by molar-refractivity contribution is -0.344. The highest BCUT2D eigenvalue weighted by Gasteiger charge is 2.71. The Balaban J connectivity index is 1.62. The number of hydrogen-bond acceptors (Lipinski definition) is 13. The van der Waals surface area contributed by atoms with Crippen molar-refractivity contribution in [2.75, 3.05) is 21.2 Å². The van der Waals surface area contributed by atoms with E-state index in [0.29, 0.717) is 19.3 Å². The third kappa shape index (κ3) is 6.69. The van der Waals surface area contributed by atoms with E-state index in [0.717, 1.165) is 0 Å². The van der Waals surface area contributed by atoms with Gasteiger partial charge in [-0.2, -0.15) is 0 Å². The van der Waals surface area contributed by atoms with Gasteiger partial charge in [0.1, 0.15) is 23.9 Å². The smallest absolute Gasteiger partial charge is 0.311 e. The zero-order valence-electron chi connectivity index (χ0n) is 32.5. The summed E-state index contributed by atoms with van der Waals surface area (Å²) < 4.78 is 52.3. The van der Waals surface area contributed by atoms with E-state index in [1.54, 1.807) is 27.9 Å². The van der Waals surface area contributed by atoms with Gasteiger partial charge in [0.2, 0.25) is 0 Å². The molecule has 5 heterocycles. The van der Waals surface area contributed by atoms with E-state index in [1.165, 1.54) is 0 Å². The highest BCUT2D eigenvalue weighted by Crippen LogP contribution is 2.59. The fraction of sp³-hybridized carbons (Fsp3) is 0.973. The maximum atomic E-state index is 14.2. The Kier molecular flexibility index (Phi) is 11.5. The molecular weight excluding hydrogens is 650 g/mol. The monoisotopic (exact) mass is 715 g/mol. The van der Waals surface area contributed by atoms with Gasteiger partial charge < -0.3 is 58.1 Å². The molecule has 0 aromatic heterocycles. The molecule has 13 heteroatoms. The molecule has 0 aromatic carbocycles. The van der Waals surface area contributed by atoms with E-state index in [2.05, 4.69) is 6.92 Å². The maximum absolute atomic E-state index is 14.2. The molecule has 5 fully saturated rings. The van der Waals surface area contributed by atoms with Crippen LogP contribution in [0.5, 0.6) is 0 Å². The van der Waals surface area contributed by atoms with E-state index in [4.69, 9.17) is 37.9 Å². The third-order valence-corrected chi connectivity index (χ3v) is 12.9. The van der Waals surface area contributed by atoms with E-state index in [9.17, 15) is 20.1 Å². The van der Waals surface area contributed by atoms with Crippen molar-refractivity contribution in [2.45, 2.75) is 185 Å². The van der Waals surface area contributed by atoms with Crippen LogP contribution >= 0.6 is 0 Å². The number of hydrogen-bond donors (Lipinski definition) is 3. The number of likely N-dealkylation sites (N-methyl/N-ethyl adjacent to an activating group) is 1. The van der Waals surface area contributed by atoms with Crippen molar-refractivity contribution in [2.24, 2.45) is 23.7 Å². The maximum Gasteiger partial charge on any atom is 0.311 e. The predicted molar refractivity (Wildman–Crippen MR) is 182 cm³/mol. The van der Waals surface area contributed by atoms with Crippen molar-refractivity contribution in [1.29, 1.82) is 0 Å². The standard InChI is InChI=1S/C37H65NO12/c1-14-25-36(10)29(40)22(6)37(50-36)18(2)16-35(9,49-37)31(48-33-27(39)24(38(11)12)15-19(3)44-33)20(4)28(21(5)32(42)46-25)47-26-17-34(8,43-13)30(41)23(7)45-26/h18-31,33,39-41H,14-17H2,1-13H3/t18-,19-,20+,21+,22+,23+,24+,25+,26+,27-,28-,29-,30+,31-,33+,34-,35+,36+,37-/m1/s1. The van der Waals surface area contributed by atoms with Crippen LogP contribution in [-0.4, -0.2) is 137 Å². The average Bonchev–Trinajstić information content (AvgIpc) is 3.42. The summed E-state index contributed by atoms with van der Waals surface area (Å²) >= 11 is 0. The lowest BCUT2D eigenvalue weighted by atomic mass is 9.77. The molecule has 5 aliphatic rings. The number of methoxy groups -OCH3 is 1. The van der Waals surface area contributed by atoms with Gasteiger partial charge in [0, 0.05) is 37.3 Å². The minimum Gasteiger partial charge on any atom is -0.459 e. The van der Waals surface area contributed by atoms with Gasteiger partial charge in [0.15, 0.2) is 18.4 Å². The minimum atomic E-state index is -1.25. The van der Waals surface area contributed by atoms with E-state index in [-0.39, 0.29) is 24.5 Å². The Hall–Kier alpha value is -0.970. The molecule has 19 atom stereocenters. The Labute approximate surface area is 298 Å². The summed E-state index contributed by atoms with van der Waals surface area (Å²) in [5, 5.41) is 34.4. The molecule has 5 rings (SSSR count). The fourth-order valence-corrected chi connectivity index (χ4v) is 9.81. The second-order valence-corrected chi connectivity index (χ2v) is 16.9. The number of rotatable bonds is 7. The van der Waals surface area contributed by atoms with Gasteiger partial charge in [-0.05, 0) is 74.9 Å². The van der Waals surface area contributed by atoms with Crippen LogP contribution in [0, 0.1) is 23.7 Å². The molecule has 0 unspecified atom stereocenters. The molecule has 3 N–H and O–H groups in total. The summed E-state index contributed by atoms with van der Waals surface area (Å²) in [6.07, 6.45) is -6.22. The number of fused-ring (bicyclic) bond motifs is 2. The first-order valence-corrected chi connectivity index (χ1v) is 18.7. The highest BCUT2D eigenvalue weighted by atomic mass is 16.8. The molecule has 1 spiro atoms. The summed E-state index contributed by atoms with van der Waals surface area (Å²) in [6.45, 7) is 18.9. The van der Waals surface area contributed by atoms with E-state index >= 15 is 0 Å². The molecule has 0 aromatic rings. The second-order valence-electron chi connectivity index (χ2n) is 16.9. The summed E-state index contributed by atoms with van der Waals surface area (Å²) in [5.74, 6) is -3.80. The molecule has 0 amide bonds. The Morgan fingerprint density at radius 2 is 1.58 bits per heavy atom. The molecule has 13 nitrogen and oxygen atoms in total. The zero-order chi connectivity index (χ0) is 37.3. The van der Waals surface area contributed by atoms with Crippen molar-refractivity contribution in [3.63, 3.8) is 0 Å². The van der Waals surface area contributed by atoms with Crippen molar-refractivity contribution in [3.05, 3.63) is 0 Å². The average molecular weight is 716 g/mol. The molecular formula is C37H65NO12. The van der Waals surface area contributed by atoms with Gasteiger partial charge in [-0.25, -0.2) is 0 Å². The van der Waals surface area contributed by atoms with Gasteiger partial charge in [-0.15, -0.1) is 0 Å². The van der Waals surface area contributed by atoms with Crippen molar-refractivity contribution < 1.29 is 58.0 Å². The van der Waals surface area contributed by atoms with Crippen LogP contribution in [0.1, 0.15) is 94.9 Å². The summed E-state index contributed by atoms with van der Waals surface area (Å²) in [5.41, 5.74) is -3.25. The van der Waals surface area contributed by atoms with E-state index in [1.807, 2.05) is 60.5 Å². The molecule has 0 radical (unpaired) electrons. The Bertz CT molecular complexity index is 1210. The number of aliphatic hydroxyl groups excluding tert-OH is 3. The number of esters is 1. The van der Waals surface area contributed by atoms with Gasteiger partial charge in [-0.3, -0.25) is 4.79 Å². The minimum absolute atomic E-state index is 0.194. The SMILES string of the molecule is CC[C@@H]1OC(=O)[C@@H](C)[C@H](O[C@H]2C[C@@](C)(OC)[C@@H](O)[C@H](C)O2)[C@H](C)[C@@H](O[C@@H]2O[C@H](C)C[C@H](N(C)C)[C@H]2O)[C@]2(C)C[C@@H](C)[C@]3(O[C@]1(C)[C@H](O)[C@@H]3C)O2. The van der Waals surface area contributed by atoms with Crippen LogP contribution in [0.2, 0.25) is 0 Å². The highest BCUT2D eigenvalue weighted by molar-refractivity contribution is 5.73. The van der Waals surface area contributed by atoms with E-state index < -0.39 is 102 Å². The molecule has 0 saturated carbocycles. The molecule has 0 aliphatic carbocycles. The number of carbonyl (C=O) groups excluding carboxylic acids is 1. The zero-order valence-corrected chi connectivity index (χ0v) is 32.5. The number of nitrogens with zero attached hydrogens (tertiary/aromatic N) is 1. The van der Waals surface area contributed by atoms with Gasteiger partial charge >= 0.3 is 5.97 Å². The molecule has 50 heavy (non-hydrogen) atoms. The van der Waals surface area contributed by atoms with Crippen LogP contribution in [-0.2, 0) is 42.7 Å². The number of carbonyl (C=O) groups is 1.